The van der Waals surface area contributed by atoms with Crippen molar-refractivity contribution in [2.75, 3.05) is 14.1 Å². The molecule has 0 heterocycles. The van der Waals surface area contributed by atoms with E-state index >= 15 is 0 Å². The number of amides is 1. The van der Waals surface area contributed by atoms with Gasteiger partial charge in [-0.2, -0.15) is 0 Å². The Hall–Kier alpha value is -3.88. The number of fused-ring (bicyclic) bond motifs is 3. The zero-order valence-corrected chi connectivity index (χ0v) is 21.6. The van der Waals surface area contributed by atoms with Crippen molar-refractivity contribution in [1.82, 2.24) is 4.90 Å². The number of aromatic hydroxyl groups is 1. The quantitative estimate of drug-likeness (QED) is 0.392. The van der Waals surface area contributed by atoms with Gasteiger partial charge in [-0.05, 0) is 62.5 Å². The Balaban J connectivity index is 1.62. The lowest BCUT2D eigenvalue weighted by Crippen LogP contribution is -2.62. The zero-order valence-electron chi connectivity index (χ0n) is 21.6. The molecular weight excluding hydrogens is 484 g/mol. The summed E-state index contributed by atoms with van der Waals surface area (Å²) in [5.74, 6) is -3.58. The maximum absolute atomic E-state index is 13.9. The van der Waals surface area contributed by atoms with Crippen molar-refractivity contribution in [3.8, 4) is 5.75 Å². The molecule has 4 unspecified atom stereocenters. The van der Waals surface area contributed by atoms with E-state index in [1.807, 2.05) is 43.3 Å². The third kappa shape index (κ3) is 3.92. The number of carbonyl (C=O) groups is 2. The smallest absolute Gasteiger partial charge is 0.248 e. The number of phenols is 1. The van der Waals surface area contributed by atoms with Crippen LogP contribution in [0.15, 0.2) is 53.3 Å². The van der Waals surface area contributed by atoms with Crippen molar-refractivity contribution in [3.63, 3.8) is 0 Å². The van der Waals surface area contributed by atoms with Crippen molar-refractivity contribution >= 4 is 29.6 Å². The average Bonchev–Trinajstić information content (AvgIpc) is 2.84. The summed E-state index contributed by atoms with van der Waals surface area (Å²) < 4.78 is 0. The monoisotopic (exact) mass is 516 g/mol. The number of aliphatic hydroxyl groups excluding tert-OH is 2. The summed E-state index contributed by atoms with van der Waals surface area (Å²) in [7, 11) is 3.39. The maximum atomic E-state index is 13.9. The van der Waals surface area contributed by atoms with Crippen molar-refractivity contribution in [2.45, 2.75) is 37.8 Å². The number of hydrogen-bond acceptors (Lipinski definition) is 7. The number of hydrogen-bond donors (Lipinski definition) is 5. The van der Waals surface area contributed by atoms with Gasteiger partial charge in [0.1, 0.15) is 22.9 Å². The van der Waals surface area contributed by atoms with E-state index in [4.69, 9.17) is 5.73 Å². The molecule has 4 atom stereocenters. The molecule has 0 saturated heterocycles. The maximum Gasteiger partial charge on any atom is 0.248 e. The second kappa shape index (κ2) is 9.15. The van der Waals surface area contributed by atoms with Crippen molar-refractivity contribution in [3.05, 3.63) is 81.1 Å². The summed E-state index contributed by atoms with van der Waals surface area (Å²) in [5.41, 5.74) is 7.08. The molecule has 6 N–H and O–H groups in total. The second-order valence-electron chi connectivity index (χ2n) is 10.8. The fourth-order valence-corrected chi connectivity index (χ4v) is 6.47. The van der Waals surface area contributed by atoms with Gasteiger partial charge in [0.05, 0.1) is 17.2 Å². The molecule has 0 aromatic heterocycles. The molecule has 5 rings (SSSR count). The van der Waals surface area contributed by atoms with E-state index in [1.54, 1.807) is 25.1 Å². The number of nitrogens with zero attached hydrogens (tertiary/aromatic N) is 1. The van der Waals surface area contributed by atoms with Crippen LogP contribution >= 0.6 is 0 Å². The Kier molecular flexibility index (Phi) is 6.20. The molecule has 0 radical (unpaired) electrons. The van der Waals surface area contributed by atoms with Crippen LogP contribution in [0.25, 0.3) is 17.9 Å². The third-order valence-corrected chi connectivity index (χ3v) is 8.24. The molecule has 0 spiro atoms. The van der Waals surface area contributed by atoms with E-state index in [2.05, 4.69) is 0 Å². The Labute approximate surface area is 221 Å². The molecule has 1 amide bonds. The number of aliphatic hydroxyl groups is 3. The molecular formula is C30H32N2O6. The van der Waals surface area contributed by atoms with Gasteiger partial charge in [-0.15, -0.1) is 0 Å². The number of rotatable bonds is 4. The minimum absolute atomic E-state index is 0.0362. The highest BCUT2D eigenvalue weighted by molar-refractivity contribution is 6.10. The number of primary amides is 1. The molecule has 2 aromatic carbocycles. The lowest BCUT2D eigenvalue weighted by atomic mass is 9.57. The number of phenolic OH excluding ortho intramolecular Hbond substituents is 1. The Bertz CT molecular complexity index is 1450. The van der Waals surface area contributed by atoms with Crippen molar-refractivity contribution < 1.29 is 30.0 Å². The summed E-state index contributed by atoms with van der Waals surface area (Å²) in [6, 6.07) is 10.5. The Morgan fingerprint density at radius 1 is 1.13 bits per heavy atom. The first-order valence-electron chi connectivity index (χ1n) is 12.6. The molecule has 8 heteroatoms. The number of carbonyl (C=O) groups excluding carboxylic acids is 2. The fraction of sp³-hybridized carbons (Fsp3) is 0.333. The van der Waals surface area contributed by atoms with Crippen LogP contribution in [-0.2, 0) is 16.0 Å². The lowest BCUT2D eigenvalue weighted by Gasteiger charge is -2.51. The summed E-state index contributed by atoms with van der Waals surface area (Å²) in [4.78, 5) is 27.6. The SMILES string of the molecule is Cc1cccc(/C=C/c2ccc(O)c3c2CC2CC4C(N(C)C)C(O)=C(C(N)=O)CC4(O)C(=O)C2=C3O)c1. The van der Waals surface area contributed by atoms with Crippen molar-refractivity contribution in [1.29, 1.82) is 0 Å². The van der Waals surface area contributed by atoms with Gasteiger partial charge in [0.15, 0.2) is 5.78 Å². The van der Waals surface area contributed by atoms with E-state index in [1.165, 1.54) is 6.07 Å². The summed E-state index contributed by atoms with van der Waals surface area (Å²) in [6.45, 7) is 2.01. The first-order valence-corrected chi connectivity index (χ1v) is 12.6. The van der Waals surface area contributed by atoms with Gasteiger partial charge in [0.25, 0.3) is 0 Å². The first-order chi connectivity index (χ1) is 17.9. The number of Topliss-reactive ketones (excluding diaryl/α,β-unsaturated/α-hetero) is 1. The molecule has 1 fully saturated rings. The van der Waals surface area contributed by atoms with Gasteiger partial charge in [0, 0.05) is 17.9 Å². The van der Waals surface area contributed by atoms with Crippen LogP contribution in [0, 0.1) is 18.8 Å². The van der Waals surface area contributed by atoms with E-state index in [-0.39, 0.29) is 40.4 Å². The largest absolute Gasteiger partial charge is 0.510 e. The topological polar surface area (TPSA) is 144 Å². The molecule has 3 aliphatic rings. The van der Waals surface area contributed by atoms with Gasteiger partial charge in [0.2, 0.25) is 5.91 Å². The molecule has 38 heavy (non-hydrogen) atoms. The van der Waals surface area contributed by atoms with E-state index in [9.17, 15) is 30.0 Å². The number of likely N-dealkylation sites (N-methyl/N-ethyl adjacent to an activating group) is 1. The number of ketones is 1. The normalized spacial score (nSPS) is 27.0. The van der Waals surface area contributed by atoms with Gasteiger partial charge < -0.3 is 26.2 Å². The average molecular weight is 517 g/mol. The van der Waals surface area contributed by atoms with Crippen LogP contribution in [0.1, 0.15) is 40.7 Å². The molecule has 1 saturated carbocycles. The van der Waals surface area contributed by atoms with Crippen LogP contribution < -0.4 is 5.73 Å². The summed E-state index contributed by atoms with van der Waals surface area (Å²) in [5, 5.41) is 44.7. The fourth-order valence-electron chi connectivity index (χ4n) is 6.47. The van der Waals surface area contributed by atoms with Crippen molar-refractivity contribution in [2.24, 2.45) is 17.6 Å². The van der Waals surface area contributed by atoms with Gasteiger partial charge >= 0.3 is 0 Å². The molecule has 0 aliphatic heterocycles. The van der Waals surface area contributed by atoms with E-state index in [0.717, 1.165) is 16.7 Å². The number of nitrogens with two attached hydrogens (primary N) is 1. The van der Waals surface area contributed by atoms with Crippen LogP contribution in [0.5, 0.6) is 5.75 Å². The van der Waals surface area contributed by atoms with Gasteiger partial charge in [-0.3, -0.25) is 14.5 Å². The Morgan fingerprint density at radius 3 is 2.53 bits per heavy atom. The second-order valence-corrected chi connectivity index (χ2v) is 10.8. The standard InChI is InChI=1S/C30H32N2O6/c1-15-5-4-6-16(11-15)7-8-17-9-10-22(33)24-19(17)12-18-13-21-25(32(2)3)26(34)20(29(31)37)14-30(21,38)28(36)23(18)27(24)35/h4-11,18,21,25,33-35,38H,12-14H2,1-3H3,(H2,31,37)/b8-7+. The third-order valence-electron chi connectivity index (χ3n) is 8.24. The number of aryl methyl sites for hydroxylation is 1. The predicted molar refractivity (Wildman–Crippen MR) is 144 cm³/mol. The highest BCUT2D eigenvalue weighted by atomic mass is 16.3. The highest BCUT2D eigenvalue weighted by Gasteiger charge is 2.60. The highest BCUT2D eigenvalue weighted by Crippen LogP contribution is 2.53. The van der Waals surface area contributed by atoms with Crippen LogP contribution in [0.2, 0.25) is 0 Å². The zero-order chi connectivity index (χ0) is 27.5. The first kappa shape index (κ1) is 25.8. The van der Waals surface area contributed by atoms with E-state index < -0.39 is 41.6 Å². The summed E-state index contributed by atoms with van der Waals surface area (Å²) in [6.07, 6.45) is 4.06. The van der Waals surface area contributed by atoms with Gasteiger partial charge in [-0.1, -0.05) is 48.0 Å². The van der Waals surface area contributed by atoms with Crippen LogP contribution in [-0.4, -0.2) is 62.8 Å². The number of benzene rings is 2. The molecule has 2 aromatic rings. The lowest BCUT2D eigenvalue weighted by molar-refractivity contribution is -0.151. The molecule has 3 aliphatic carbocycles. The minimum atomic E-state index is -2.04. The Morgan fingerprint density at radius 2 is 1.87 bits per heavy atom. The van der Waals surface area contributed by atoms with Crippen LogP contribution in [0.3, 0.4) is 0 Å². The minimum Gasteiger partial charge on any atom is -0.510 e. The van der Waals surface area contributed by atoms with Crippen LogP contribution in [0.4, 0.5) is 0 Å². The van der Waals surface area contributed by atoms with E-state index in [0.29, 0.717) is 12.0 Å². The summed E-state index contributed by atoms with van der Waals surface area (Å²) >= 11 is 0. The molecule has 0 bridgehead atoms. The molecule has 8 nitrogen and oxygen atoms in total. The van der Waals surface area contributed by atoms with Gasteiger partial charge in [-0.25, -0.2) is 0 Å². The predicted octanol–water partition coefficient (Wildman–Crippen LogP) is 3.26. The molecule has 198 valence electrons.